The second-order valence-corrected chi connectivity index (χ2v) is 6.48. The summed E-state index contributed by atoms with van der Waals surface area (Å²) < 4.78 is 0. The molecule has 132 valence electrons. The first-order chi connectivity index (χ1) is 11.2. The fourth-order valence-corrected chi connectivity index (χ4v) is 2.42. The van der Waals surface area contributed by atoms with Gasteiger partial charge >= 0.3 is 5.97 Å². The van der Waals surface area contributed by atoms with Gasteiger partial charge in [-0.2, -0.15) is 0 Å². The van der Waals surface area contributed by atoms with Crippen molar-refractivity contribution in [3.8, 4) is 0 Å². The number of aryl methyl sites for hydroxylation is 1. The van der Waals surface area contributed by atoms with Crippen LogP contribution in [0.4, 0.5) is 0 Å². The lowest BCUT2D eigenvalue weighted by Gasteiger charge is -2.22. The standard InChI is InChI=1S/C18H26N2O4/c1-11(2)9-15(18(24)19-13(4)10-16(21)22)20-17(23)14-8-6-5-7-12(14)3/h5-8,11,13,15H,9-10H2,1-4H3,(H,19,24)(H,20,23)(H,21,22)/t13-,15+/m1/s1. The molecular weight excluding hydrogens is 308 g/mol. The number of hydrogen-bond donors (Lipinski definition) is 3. The third-order valence-electron chi connectivity index (χ3n) is 3.59. The minimum atomic E-state index is -0.979. The fourth-order valence-electron chi connectivity index (χ4n) is 2.42. The van der Waals surface area contributed by atoms with Crippen LogP contribution in [0.3, 0.4) is 0 Å². The number of aliphatic carboxylic acids is 1. The predicted octanol–water partition coefficient (Wildman–Crippen LogP) is 2.12. The van der Waals surface area contributed by atoms with E-state index in [1.54, 1.807) is 19.1 Å². The quantitative estimate of drug-likeness (QED) is 0.678. The first-order valence-electron chi connectivity index (χ1n) is 8.09. The van der Waals surface area contributed by atoms with Gasteiger partial charge in [0.05, 0.1) is 6.42 Å². The summed E-state index contributed by atoms with van der Waals surface area (Å²) in [5.41, 5.74) is 1.36. The van der Waals surface area contributed by atoms with Gasteiger partial charge in [0.25, 0.3) is 5.91 Å². The zero-order valence-electron chi connectivity index (χ0n) is 14.6. The topological polar surface area (TPSA) is 95.5 Å². The molecule has 24 heavy (non-hydrogen) atoms. The molecule has 1 aromatic rings. The van der Waals surface area contributed by atoms with Crippen molar-refractivity contribution in [2.24, 2.45) is 5.92 Å². The van der Waals surface area contributed by atoms with Crippen LogP contribution in [0.5, 0.6) is 0 Å². The van der Waals surface area contributed by atoms with Crippen LogP contribution < -0.4 is 10.6 Å². The molecule has 2 atom stereocenters. The highest BCUT2D eigenvalue weighted by Gasteiger charge is 2.24. The molecule has 0 unspecified atom stereocenters. The van der Waals surface area contributed by atoms with Crippen LogP contribution in [0.1, 0.15) is 49.5 Å². The van der Waals surface area contributed by atoms with E-state index in [0.717, 1.165) is 5.56 Å². The maximum atomic E-state index is 12.4. The minimum absolute atomic E-state index is 0.161. The van der Waals surface area contributed by atoms with E-state index >= 15 is 0 Å². The molecule has 0 aliphatic carbocycles. The Bertz CT molecular complexity index is 598. The van der Waals surface area contributed by atoms with Gasteiger partial charge < -0.3 is 15.7 Å². The molecule has 1 aromatic carbocycles. The van der Waals surface area contributed by atoms with Crippen LogP contribution in [0.25, 0.3) is 0 Å². The third-order valence-corrected chi connectivity index (χ3v) is 3.59. The highest BCUT2D eigenvalue weighted by molar-refractivity contribution is 5.98. The molecule has 0 bridgehead atoms. The number of hydrogen-bond acceptors (Lipinski definition) is 3. The van der Waals surface area contributed by atoms with Gasteiger partial charge in [-0.05, 0) is 37.8 Å². The van der Waals surface area contributed by atoms with Crippen molar-refractivity contribution in [2.45, 2.75) is 52.6 Å². The number of carboxylic acid groups (broad SMARTS) is 1. The summed E-state index contributed by atoms with van der Waals surface area (Å²) in [6.45, 7) is 7.38. The SMILES string of the molecule is Cc1ccccc1C(=O)N[C@@H](CC(C)C)C(=O)N[C@H](C)CC(=O)O. The molecule has 2 amide bonds. The van der Waals surface area contributed by atoms with Crippen molar-refractivity contribution in [3.63, 3.8) is 0 Å². The van der Waals surface area contributed by atoms with E-state index in [4.69, 9.17) is 5.11 Å². The Kier molecular flexibility index (Phi) is 7.42. The third kappa shape index (κ3) is 6.40. The number of carbonyl (C=O) groups is 3. The van der Waals surface area contributed by atoms with Crippen LogP contribution in [-0.4, -0.2) is 35.0 Å². The molecule has 1 rings (SSSR count). The molecule has 0 fully saturated rings. The Morgan fingerprint density at radius 2 is 1.71 bits per heavy atom. The van der Waals surface area contributed by atoms with Crippen LogP contribution in [0, 0.1) is 12.8 Å². The summed E-state index contributed by atoms with van der Waals surface area (Å²) in [5.74, 6) is -1.45. The first kappa shape index (κ1) is 19.7. The lowest BCUT2D eigenvalue weighted by atomic mass is 10.0. The molecule has 0 radical (unpaired) electrons. The average Bonchev–Trinajstić information content (AvgIpc) is 2.45. The van der Waals surface area contributed by atoms with Crippen molar-refractivity contribution >= 4 is 17.8 Å². The molecule has 3 N–H and O–H groups in total. The van der Waals surface area contributed by atoms with E-state index < -0.39 is 18.1 Å². The normalized spacial score (nSPS) is 13.2. The van der Waals surface area contributed by atoms with Gasteiger partial charge in [0.15, 0.2) is 0 Å². The molecule has 0 aromatic heterocycles. The number of carbonyl (C=O) groups excluding carboxylic acids is 2. The molecule has 0 saturated heterocycles. The van der Waals surface area contributed by atoms with E-state index in [0.29, 0.717) is 12.0 Å². The Hall–Kier alpha value is -2.37. The Balaban J connectivity index is 2.81. The van der Waals surface area contributed by atoms with Crippen LogP contribution >= 0.6 is 0 Å². The number of amides is 2. The van der Waals surface area contributed by atoms with Crippen LogP contribution in [0.15, 0.2) is 24.3 Å². The maximum Gasteiger partial charge on any atom is 0.305 e. The molecule has 6 nitrogen and oxygen atoms in total. The van der Waals surface area contributed by atoms with Crippen molar-refractivity contribution in [2.75, 3.05) is 0 Å². The van der Waals surface area contributed by atoms with Crippen LogP contribution in [-0.2, 0) is 9.59 Å². The Labute approximate surface area is 142 Å². The van der Waals surface area contributed by atoms with E-state index in [2.05, 4.69) is 10.6 Å². The second-order valence-electron chi connectivity index (χ2n) is 6.48. The molecule has 6 heteroatoms. The number of carboxylic acids is 1. The monoisotopic (exact) mass is 334 g/mol. The van der Waals surface area contributed by atoms with Gasteiger partial charge in [-0.1, -0.05) is 32.0 Å². The van der Waals surface area contributed by atoms with Crippen molar-refractivity contribution in [1.82, 2.24) is 10.6 Å². The Morgan fingerprint density at radius 3 is 2.25 bits per heavy atom. The first-order valence-corrected chi connectivity index (χ1v) is 8.09. The highest BCUT2D eigenvalue weighted by atomic mass is 16.4. The van der Waals surface area contributed by atoms with Gasteiger partial charge in [-0.3, -0.25) is 14.4 Å². The van der Waals surface area contributed by atoms with Gasteiger partial charge in [0.2, 0.25) is 5.91 Å². The molecule has 0 aliphatic rings. The van der Waals surface area contributed by atoms with Crippen molar-refractivity contribution in [1.29, 1.82) is 0 Å². The summed E-state index contributed by atoms with van der Waals surface area (Å²) in [4.78, 5) is 35.6. The molecule has 0 heterocycles. The van der Waals surface area contributed by atoms with Gasteiger partial charge in [-0.25, -0.2) is 0 Å². The summed E-state index contributed by atoms with van der Waals surface area (Å²) >= 11 is 0. The maximum absolute atomic E-state index is 12.4. The van der Waals surface area contributed by atoms with Crippen molar-refractivity contribution in [3.05, 3.63) is 35.4 Å². The minimum Gasteiger partial charge on any atom is -0.481 e. The number of rotatable bonds is 8. The molecular formula is C18H26N2O4. The summed E-state index contributed by atoms with van der Waals surface area (Å²) in [7, 11) is 0. The van der Waals surface area contributed by atoms with E-state index in [1.165, 1.54) is 0 Å². The summed E-state index contributed by atoms with van der Waals surface area (Å²) in [5, 5.41) is 14.2. The van der Waals surface area contributed by atoms with E-state index in [1.807, 2.05) is 32.9 Å². The van der Waals surface area contributed by atoms with Crippen LogP contribution in [0.2, 0.25) is 0 Å². The fraction of sp³-hybridized carbons (Fsp3) is 0.500. The molecule has 0 saturated carbocycles. The smallest absolute Gasteiger partial charge is 0.305 e. The summed E-state index contributed by atoms with van der Waals surface area (Å²) in [6, 6.07) is 5.96. The number of benzene rings is 1. The largest absolute Gasteiger partial charge is 0.481 e. The highest BCUT2D eigenvalue weighted by Crippen LogP contribution is 2.10. The molecule has 0 aliphatic heterocycles. The van der Waals surface area contributed by atoms with Gasteiger partial charge in [0.1, 0.15) is 6.04 Å². The van der Waals surface area contributed by atoms with E-state index in [9.17, 15) is 14.4 Å². The zero-order chi connectivity index (χ0) is 18.3. The molecule has 0 spiro atoms. The number of nitrogens with one attached hydrogen (secondary N) is 2. The van der Waals surface area contributed by atoms with Gasteiger partial charge in [-0.15, -0.1) is 0 Å². The Morgan fingerprint density at radius 1 is 1.08 bits per heavy atom. The predicted molar refractivity (Wildman–Crippen MR) is 91.7 cm³/mol. The second kappa shape index (κ2) is 9.05. The average molecular weight is 334 g/mol. The lowest BCUT2D eigenvalue weighted by Crippen LogP contribution is -2.50. The van der Waals surface area contributed by atoms with Crippen molar-refractivity contribution < 1.29 is 19.5 Å². The van der Waals surface area contributed by atoms with Gasteiger partial charge in [0, 0.05) is 11.6 Å². The summed E-state index contributed by atoms with van der Waals surface area (Å²) in [6.07, 6.45) is 0.315. The zero-order valence-corrected chi connectivity index (χ0v) is 14.6. The lowest BCUT2D eigenvalue weighted by molar-refractivity contribution is -0.137. The van der Waals surface area contributed by atoms with E-state index in [-0.39, 0.29) is 24.2 Å².